The second-order valence-electron chi connectivity index (χ2n) is 6.28. The highest BCUT2D eigenvalue weighted by Gasteiger charge is 2.31. The second kappa shape index (κ2) is 7.96. The summed E-state index contributed by atoms with van der Waals surface area (Å²) in [7, 11) is 0. The average Bonchev–Trinajstić information content (AvgIpc) is 2.92. The molecule has 124 valence electrons. The van der Waals surface area contributed by atoms with E-state index in [0.29, 0.717) is 11.1 Å². The fourth-order valence-electron chi connectivity index (χ4n) is 3.36. The van der Waals surface area contributed by atoms with Gasteiger partial charge in [-0.05, 0) is 31.4 Å². The van der Waals surface area contributed by atoms with E-state index in [2.05, 4.69) is 17.9 Å². The molecule has 0 saturated heterocycles. The first-order valence-corrected chi connectivity index (χ1v) is 8.56. The lowest BCUT2D eigenvalue weighted by Gasteiger charge is -2.20. The molecule has 0 bridgehead atoms. The first kappa shape index (κ1) is 17.3. The highest BCUT2D eigenvalue weighted by atomic mass is 16.6. The van der Waals surface area contributed by atoms with Gasteiger partial charge in [0.2, 0.25) is 0 Å². The molecular formula is C18H25N3O2. The van der Waals surface area contributed by atoms with Crippen LogP contribution >= 0.6 is 0 Å². The molecule has 2 rings (SSSR count). The van der Waals surface area contributed by atoms with Crippen molar-refractivity contribution in [2.75, 3.05) is 18.0 Å². The van der Waals surface area contributed by atoms with Crippen molar-refractivity contribution in [1.29, 1.82) is 5.26 Å². The average molecular weight is 315 g/mol. The molecule has 1 aromatic rings. The van der Waals surface area contributed by atoms with E-state index in [0.717, 1.165) is 37.2 Å². The van der Waals surface area contributed by atoms with Gasteiger partial charge in [0.1, 0.15) is 5.69 Å². The van der Waals surface area contributed by atoms with Crippen molar-refractivity contribution in [3.63, 3.8) is 0 Å². The van der Waals surface area contributed by atoms with E-state index >= 15 is 0 Å². The molecule has 0 aromatic heterocycles. The summed E-state index contributed by atoms with van der Waals surface area (Å²) in [6.07, 6.45) is 8.08. The van der Waals surface area contributed by atoms with Crippen LogP contribution in [0.3, 0.4) is 0 Å². The van der Waals surface area contributed by atoms with E-state index in [9.17, 15) is 15.4 Å². The second-order valence-corrected chi connectivity index (χ2v) is 6.28. The van der Waals surface area contributed by atoms with Crippen LogP contribution in [0.4, 0.5) is 11.4 Å². The van der Waals surface area contributed by atoms with Crippen molar-refractivity contribution in [1.82, 2.24) is 0 Å². The molecule has 1 aliphatic rings. The largest absolute Gasteiger partial charge is 0.365 e. The summed E-state index contributed by atoms with van der Waals surface area (Å²) in [4.78, 5) is 13.3. The molecule has 1 heterocycles. The monoisotopic (exact) mass is 315 g/mol. The molecule has 0 unspecified atom stereocenters. The predicted molar refractivity (Wildman–Crippen MR) is 91.8 cm³/mol. The van der Waals surface area contributed by atoms with Crippen LogP contribution in [0.15, 0.2) is 6.07 Å². The zero-order valence-electron chi connectivity index (χ0n) is 14.1. The Kier molecular flexibility index (Phi) is 5.97. The molecule has 0 aliphatic carbocycles. The van der Waals surface area contributed by atoms with Gasteiger partial charge in [-0.2, -0.15) is 5.26 Å². The maximum Gasteiger partial charge on any atom is 0.297 e. The molecule has 1 aromatic carbocycles. The van der Waals surface area contributed by atoms with Crippen LogP contribution in [0.2, 0.25) is 0 Å². The Balaban J connectivity index is 2.11. The summed E-state index contributed by atoms with van der Waals surface area (Å²) >= 11 is 0. The predicted octanol–water partition coefficient (Wildman–Crippen LogP) is 4.50. The minimum atomic E-state index is -0.325. The third kappa shape index (κ3) is 3.82. The topological polar surface area (TPSA) is 70.2 Å². The molecule has 0 fully saturated rings. The molecule has 0 radical (unpaired) electrons. The number of nitro benzene ring substituents is 1. The molecule has 5 heteroatoms. The minimum absolute atomic E-state index is 0.127. The van der Waals surface area contributed by atoms with E-state index in [1.54, 1.807) is 6.92 Å². The fourth-order valence-corrected chi connectivity index (χ4v) is 3.36. The van der Waals surface area contributed by atoms with Crippen molar-refractivity contribution in [2.24, 2.45) is 0 Å². The van der Waals surface area contributed by atoms with Gasteiger partial charge in [0.05, 0.1) is 16.6 Å². The third-order valence-electron chi connectivity index (χ3n) is 4.66. The maximum absolute atomic E-state index is 11.5. The number of nitriles is 1. The van der Waals surface area contributed by atoms with Gasteiger partial charge in [0.15, 0.2) is 0 Å². The van der Waals surface area contributed by atoms with Crippen LogP contribution in [0.5, 0.6) is 0 Å². The number of nitro groups is 1. The molecular weight excluding hydrogens is 290 g/mol. The van der Waals surface area contributed by atoms with Crippen LogP contribution in [0, 0.1) is 28.4 Å². The smallest absolute Gasteiger partial charge is 0.297 e. The number of nitrogens with zero attached hydrogens (tertiary/aromatic N) is 3. The Morgan fingerprint density at radius 2 is 2.00 bits per heavy atom. The summed E-state index contributed by atoms with van der Waals surface area (Å²) in [5.74, 6) is 0. The summed E-state index contributed by atoms with van der Waals surface area (Å²) in [6, 6.07) is 3.92. The van der Waals surface area contributed by atoms with E-state index < -0.39 is 0 Å². The van der Waals surface area contributed by atoms with Crippen molar-refractivity contribution >= 4 is 11.4 Å². The van der Waals surface area contributed by atoms with Crippen molar-refractivity contribution in [3.05, 3.63) is 32.9 Å². The normalized spacial score (nSPS) is 13.0. The zero-order chi connectivity index (χ0) is 16.8. The Morgan fingerprint density at radius 1 is 1.30 bits per heavy atom. The molecule has 1 aliphatic heterocycles. The van der Waals surface area contributed by atoms with Gasteiger partial charge in [0, 0.05) is 18.7 Å². The molecule has 0 N–H and O–H groups in total. The fraction of sp³-hybridized carbons (Fsp3) is 0.611. The van der Waals surface area contributed by atoms with Gasteiger partial charge < -0.3 is 4.90 Å². The Labute approximate surface area is 138 Å². The minimum Gasteiger partial charge on any atom is -0.365 e. The molecule has 0 amide bonds. The van der Waals surface area contributed by atoms with E-state index in [1.807, 2.05) is 6.07 Å². The lowest BCUT2D eigenvalue weighted by Crippen LogP contribution is -2.22. The van der Waals surface area contributed by atoms with Crippen LogP contribution < -0.4 is 4.90 Å². The van der Waals surface area contributed by atoms with Gasteiger partial charge in [-0.25, -0.2) is 0 Å². The summed E-state index contributed by atoms with van der Waals surface area (Å²) in [5, 5.41) is 20.7. The Bertz CT molecular complexity index is 620. The first-order valence-electron chi connectivity index (χ1n) is 8.56. The van der Waals surface area contributed by atoms with Crippen molar-refractivity contribution < 1.29 is 4.92 Å². The number of fused-ring (bicyclic) bond motifs is 1. The number of benzene rings is 1. The van der Waals surface area contributed by atoms with Crippen LogP contribution in [0.1, 0.15) is 62.1 Å². The number of rotatable bonds is 8. The Hall–Kier alpha value is -2.09. The highest BCUT2D eigenvalue weighted by Crippen LogP contribution is 2.41. The van der Waals surface area contributed by atoms with Gasteiger partial charge in [0.25, 0.3) is 5.69 Å². The lowest BCUT2D eigenvalue weighted by molar-refractivity contribution is -0.384. The zero-order valence-corrected chi connectivity index (χ0v) is 14.1. The van der Waals surface area contributed by atoms with Gasteiger partial charge in [-0.1, -0.05) is 39.0 Å². The molecule has 5 nitrogen and oxygen atoms in total. The van der Waals surface area contributed by atoms with Gasteiger partial charge in [-0.15, -0.1) is 0 Å². The van der Waals surface area contributed by atoms with Crippen molar-refractivity contribution in [2.45, 2.75) is 58.8 Å². The lowest BCUT2D eigenvalue weighted by atomic mass is 10.0. The summed E-state index contributed by atoms with van der Waals surface area (Å²) < 4.78 is 0. The van der Waals surface area contributed by atoms with Crippen LogP contribution in [-0.4, -0.2) is 18.0 Å². The number of anilines is 1. The molecule has 23 heavy (non-hydrogen) atoms. The standard InChI is InChI=1S/C18H25N3O2/c1-3-4-5-6-7-8-10-20-11-9-15-12-16(13-19)14(2)17(18(15)20)21(22)23/h12H,3-11H2,1-2H3. The van der Waals surface area contributed by atoms with Crippen LogP contribution in [-0.2, 0) is 6.42 Å². The van der Waals surface area contributed by atoms with Crippen molar-refractivity contribution in [3.8, 4) is 6.07 Å². The quantitative estimate of drug-likeness (QED) is 0.402. The van der Waals surface area contributed by atoms with Gasteiger partial charge in [-0.3, -0.25) is 10.1 Å². The Morgan fingerprint density at radius 3 is 2.65 bits per heavy atom. The number of hydrogen-bond donors (Lipinski definition) is 0. The number of hydrogen-bond acceptors (Lipinski definition) is 4. The van der Waals surface area contributed by atoms with E-state index in [-0.39, 0.29) is 10.6 Å². The first-order chi connectivity index (χ1) is 11.1. The van der Waals surface area contributed by atoms with E-state index in [4.69, 9.17) is 0 Å². The molecule has 0 saturated carbocycles. The SMILES string of the molecule is CCCCCCCCN1CCc2cc(C#N)c(C)c([N+](=O)[O-])c21. The molecule has 0 spiro atoms. The highest BCUT2D eigenvalue weighted by molar-refractivity contribution is 5.76. The maximum atomic E-state index is 11.5. The summed E-state index contributed by atoms with van der Waals surface area (Å²) in [6.45, 7) is 5.57. The third-order valence-corrected chi connectivity index (χ3v) is 4.66. The number of unbranched alkanes of at least 4 members (excludes halogenated alkanes) is 5. The molecule has 0 atom stereocenters. The van der Waals surface area contributed by atoms with Gasteiger partial charge >= 0.3 is 0 Å². The van der Waals surface area contributed by atoms with Crippen LogP contribution in [0.25, 0.3) is 0 Å². The summed E-state index contributed by atoms with van der Waals surface area (Å²) in [5.41, 5.74) is 2.75. The van der Waals surface area contributed by atoms with E-state index in [1.165, 1.54) is 32.1 Å².